The zero-order valence-corrected chi connectivity index (χ0v) is 14.6. The van der Waals surface area contributed by atoms with Crippen LogP contribution in [0.2, 0.25) is 0 Å². The average molecular weight is 336 g/mol. The highest BCUT2D eigenvalue weighted by Gasteiger charge is 2.27. The number of aliphatic hydroxyl groups excluding tert-OH is 2. The lowest BCUT2D eigenvalue weighted by molar-refractivity contribution is -0.137. The lowest BCUT2D eigenvalue weighted by Gasteiger charge is -2.28. The van der Waals surface area contributed by atoms with E-state index >= 15 is 0 Å². The summed E-state index contributed by atoms with van der Waals surface area (Å²) in [6.07, 6.45) is 1.13. The lowest BCUT2D eigenvalue weighted by Crippen LogP contribution is -2.38. The van der Waals surface area contributed by atoms with Crippen molar-refractivity contribution in [2.24, 2.45) is 5.92 Å². The molecule has 1 aromatic rings. The third-order valence-corrected chi connectivity index (χ3v) is 3.90. The Labute approximate surface area is 143 Å². The van der Waals surface area contributed by atoms with Gasteiger partial charge in [0.2, 0.25) is 0 Å². The van der Waals surface area contributed by atoms with Gasteiger partial charge in [-0.2, -0.15) is 0 Å². The van der Waals surface area contributed by atoms with E-state index in [1.54, 1.807) is 26.8 Å². The smallest absolute Gasteiger partial charge is 0.330 e. The molecule has 0 saturated carbocycles. The SMILES string of the molecule is CCOC(=O)/C=C/C[C@@H](O)[C@H](C)[C@@H](O)[C@H](C)OCc1ccccc1. The van der Waals surface area contributed by atoms with E-state index in [0.717, 1.165) is 5.56 Å². The third-order valence-electron chi connectivity index (χ3n) is 3.90. The van der Waals surface area contributed by atoms with E-state index in [9.17, 15) is 15.0 Å². The summed E-state index contributed by atoms with van der Waals surface area (Å²) in [4.78, 5) is 11.2. The number of carbonyl (C=O) groups excluding carboxylic acids is 1. The molecule has 0 bridgehead atoms. The largest absolute Gasteiger partial charge is 0.463 e. The molecule has 1 aromatic carbocycles. The number of carbonyl (C=O) groups is 1. The Bertz CT molecular complexity index is 500. The maximum Gasteiger partial charge on any atom is 0.330 e. The molecule has 0 spiro atoms. The fourth-order valence-electron chi connectivity index (χ4n) is 2.26. The molecule has 1 rings (SSSR count). The van der Waals surface area contributed by atoms with Gasteiger partial charge in [0.15, 0.2) is 0 Å². The van der Waals surface area contributed by atoms with E-state index in [4.69, 9.17) is 9.47 Å². The first-order valence-corrected chi connectivity index (χ1v) is 8.30. The van der Waals surface area contributed by atoms with Crippen molar-refractivity contribution < 1.29 is 24.5 Å². The first-order chi connectivity index (χ1) is 11.5. The van der Waals surface area contributed by atoms with Crippen molar-refractivity contribution in [1.29, 1.82) is 0 Å². The van der Waals surface area contributed by atoms with Gasteiger partial charge in [-0.05, 0) is 25.8 Å². The predicted octanol–water partition coefficient (Wildman–Crippen LogP) is 2.46. The number of rotatable bonds is 10. The summed E-state index contributed by atoms with van der Waals surface area (Å²) in [6.45, 7) is 6.00. The van der Waals surface area contributed by atoms with Crippen LogP contribution in [0.5, 0.6) is 0 Å². The van der Waals surface area contributed by atoms with E-state index in [-0.39, 0.29) is 12.3 Å². The highest BCUT2D eigenvalue weighted by Crippen LogP contribution is 2.18. The molecule has 0 amide bonds. The van der Waals surface area contributed by atoms with Crippen molar-refractivity contribution in [1.82, 2.24) is 0 Å². The second-order valence-corrected chi connectivity index (χ2v) is 5.81. The van der Waals surface area contributed by atoms with Crippen LogP contribution in [-0.4, -0.2) is 41.1 Å². The Balaban J connectivity index is 2.41. The van der Waals surface area contributed by atoms with Gasteiger partial charge in [-0.15, -0.1) is 0 Å². The minimum atomic E-state index is -0.806. The topological polar surface area (TPSA) is 76.0 Å². The molecule has 0 fully saturated rings. The quantitative estimate of drug-likeness (QED) is 0.507. The number of hydrogen-bond donors (Lipinski definition) is 2. The van der Waals surface area contributed by atoms with Crippen molar-refractivity contribution >= 4 is 5.97 Å². The van der Waals surface area contributed by atoms with E-state index in [2.05, 4.69) is 0 Å². The monoisotopic (exact) mass is 336 g/mol. The van der Waals surface area contributed by atoms with Gasteiger partial charge in [0.1, 0.15) is 0 Å². The second-order valence-electron chi connectivity index (χ2n) is 5.81. The van der Waals surface area contributed by atoms with Crippen LogP contribution in [0.15, 0.2) is 42.5 Å². The minimum absolute atomic E-state index is 0.266. The zero-order valence-electron chi connectivity index (χ0n) is 14.6. The number of benzene rings is 1. The zero-order chi connectivity index (χ0) is 17.9. The summed E-state index contributed by atoms with van der Waals surface area (Å²) in [5.74, 6) is -0.819. The van der Waals surface area contributed by atoms with Crippen LogP contribution in [-0.2, 0) is 20.9 Å². The fraction of sp³-hybridized carbons (Fsp3) is 0.526. The summed E-state index contributed by atoms with van der Waals surface area (Å²) < 4.78 is 10.4. The van der Waals surface area contributed by atoms with Crippen LogP contribution in [0.1, 0.15) is 32.8 Å². The Kier molecular flexibility index (Phi) is 9.30. The molecule has 0 radical (unpaired) electrons. The predicted molar refractivity (Wildman–Crippen MR) is 92.3 cm³/mol. The van der Waals surface area contributed by atoms with Crippen LogP contribution < -0.4 is 0 Å². The Hall–Kier alpha value is -1.69. The highest BCUT2D eigenvalue weighted by atomic mass is 16.5. The van der Waals surface area contributed by atoms with Crippen LogP contribution >= 0.6 is 0 Å². The van der Waals surface area contributed by atoms with E-state index in [1.807, 2.05) is 30.3 Å². The summed E-state index contributed by atoms with van der Waals surface area (Å²) in [7, 11) is 0. The molecule has 0 aromatic heterocycles. The van der Waals surface area contributed by atoms with Crippen LogP contribution in [0.4, 0.5) is 0 Å². The molecule has 5 heteroatoms. The highest BCUT2D eigenvalue weighted by molar-refractivity contribution is 5.81. The fourth-order valence-corrected chi connectivity index (χ4v) is 2.26. The summed E-state index contributed by atoms with van der Waals surface area (Å²) in [5.41, 5.74) is 1.03. The molecule has 0 unspecified atom stereocenters. The van der Waals surface area contributed by atoms with E-state index in [1.165, 1.54) is 6.08 Å². The molecule has 2 N–H and O–H groups in total. The molecule has 0 aliphatic rings. The lowest BCUT2D eigenvalue weighted by atomic mass is 9.92. The van der Waals surface area contributed by atoms with Gasteiger partial charge in [0.05, 0.1) is 31.5 Å². The van der Waals surface area contributed by atoms with E-state index in [0.29, 0.717) is 13.2 Å². The molecule has 24 heavy (non-hydrogen) atoms. The van der Waals surface area contributed by atoms with Crippen molar-refractivity contribution in [3.05, 3.63) is 48.0 Å². The molecule has 134 valence electrons. The number of hydrogen-bond acceptors (Lipinski definition) is 5. The average Bonchev–Trinajstić information content (AvgIpc) is 2.59. The van der Waals surface area contributed by atoms with Gasteiger partial charge in [-0.1, -0.05) is 43.3 Å². The van der Waals surface area contributed by atoms with Crippen molar-refractivity contribution in [2.75, 3.05) is 6.61 Å². The second kappa shape index (κ2) is 11.0. The van der Waals surface area contributed by atoms with E-state index < -0.39 is 24.3 Å². The maximum atomic E-state index is 11.2. The first-order valence-electron chi connectivity index (χ1n) is 8.30. The van der Waals surface area contributed by atoms with Crippen molar-refractivity contribution in [3.63, 3.8) is 0 Å². The molecule has 0 aliphatic heterocycles. The van der Waals surface area contributed by atoms with Crippen LogP contribution in [0.25, 0.3) is 0 Å². The normalized spacial score (nSPS) is 16.5. The molecule has 4 atom stereocenters. The molecule has 0 aliphatic carbocycles. The summed E-state index contributed by atoms with van der Waals surface area (Å²) in [5, 5.41) is 20.5. The molecule has 0 saturated heterocycles. The third kappa shape index (κ3) is 7.25. The summed E-state index contributed by atoms with van der Waals surface area (Å²) in [6, 6.07) is 9.71. The van der Waals surface area contributed by atoms with Crippen molar-refractivity contribution in [2.45, 2.75) is 52.1 Å². The molecule has 5 nitrogen and oxygen atoms in total. The van der Waals surface area contributed by atoms with Gasteiger partial charge in [-0.3, -0.25) is 0 Å². The maximum absolute atomic E-state index is 11.2. The number of ether oxygens (including phenoxy) is 2. The van der Waals surface area contributed by atoms with Gasteiger partial charge in [0.25, 0.3) is 0 Å². The molecular formula is C19H28O5. The van der Waals surface area contributed by atoms with Crippen LogP contribution in [0.3, 0.4) is 0 Å². The summed E-state index contributed by atoms with van der Waals surface area (Å²) >= 11 is 0. The molecule has 0 heterocycles. The standard InChI is InChI=1S/C19H28O5/c1-4-23-18(21)12-8-11-17(20)14(2)19(22)15(3)24-13-16-9-6-5-7-10-16/h5-10,12,14-15,17,19-20,22H,4,11,13H2,1-3H3/b12-8+/t14-,15-,17+,19+/m0/s1. The van der Waals surface area contributed by atoms with Gasteiger partial charge < -0.3 is 19.7 Å². The Morgan fingerprint density at radius 1 is 1.21 bits per heavy atom. The Morgan fingerprint density at radius 3 is 2.50 bits per heavy atom. The van der Waals surface area contributed by atoms with Crippen molar-refractivity contribution in [3.8, 4) is 0 Å². The van der Waals surface area contributed by atoms with Crippen LogP contribution in [0, 0.1) is 5.92 Å². The first kappa shape index (κ1) is 20.4. The Morgan fingerprint density at radius 2 is 1.88 bits per heavy atom. The number of aliphatic hydroxyl groups is 2. The van der Waals surface area contributed by atoms with Gasteiger partial charge in [-0.25, -0.2) is 4.79 Å². The molecular weight excluding hydrogens is 308 g/mol. The number of esters is 1. The van der Waals surface area contributed by atoms with Gasteiger partial charge in [0, 0.05) is 12.0 Å². The minimum Gasteiger partial charge on any atom is -0.463 e. The van der Waals surface area contributed by atoms with Gasteiger partial charge >= 0.3 is 5.97 Å².